The highest BCUT2D eigenvalue weighted by Gasteiger charge is 2.18. The van der Waals surface area contributed by atoms with E-state index < -0.39 is 17.8 Å². The van der Waals surface area contributed by atoms with Gasteiger partial charge in [0.1, 0.15) is 0 Å². The third-order valence-electron chi connectivity index (χ3n) is 2.75. The summed E-state index contributed by atoms with van der Waals surface area (Å²) in [5.74, 6) is -2.04. The molecule has 0 aromatic carbocycles. The van der Waals surface area contributed by atoms with Gasteiger partial charge in [0.25, 0.3) is 11.8 Å². The Balaban J connectivity index is 0. The van der Waals surface area contributed by atoms with Gasteiger partial charge < -0.3 is 5.11 Å². The minimum absolute atomic E-state index is 0.0651. The summed E-state index contributed by atoms with van der Waals surface area (Å²) in [4.78, 5) is 49.4. The first kappa shape index (κ1) is 22.2. The summed E-state index contributed by atoms with van der Waals surface area (Å²) >= 11 is 0. The van der Waals surface area contributed by atoms with Crippen molar-refractivity contribution in [1.29, 1.82) is 0 Å². The van der Waals surface area contributed by atoms with Crippen LogP contribution in [0.3, 0.4) is 0 Å². The number of amides is 2. The number of rotatable bonds is 10. The Kier molecular flexibility index (Phi) is 15.5. The summed E-state index contributed by atoms with van der Waals surface area (Å²) < 4.78 is 0. The van der Waals surface area contributed by atoms with Crippen molar-refractivity contribution in [2.24, 2.45) is 0 Å². The summed E-state index contributed by atoms with van der Waals surface area (Å²) in [6.07, 6.45) is 4.66. The van der Waals surface area contributed by atoms with Crippen molar-refractivity contribution in [2.45, 2.75) is 64.7 Å². The predicted octanol–water partition coefficient (Wildman–Crippen LogP) is 1.76. The molecule has 0 spiro atoms. The first-order chi connectivity index (χ1) is 10.4. The van der Waals surface area contributed by atoms with Crippen LogP contribution in [0, 0.1) is 0 Å². The lowest BCUT2D eigenvalue weighted by Crippen LogP contribution is -2.33. The van der Waals surface area contributed by atoms with Crippen molar-refractivity contribution in [1.82, 2.24) is 5.06 Å². The van der Waals surface area contributed by atoms with Crippen LogP contribution in [0.4, 0.5) is 0 Å². The minimum Gasteiger partial charge on any atom is -0.481 e. The number of carboxylic acid groups (broad SMARTS) is 1. The zero-order valence-electron chi connectivity index (χ0n) is 12.7. The Hall–Kier alpha value is -2.05. The van der Waals surface area contributed by atoms with Gasteiger partial charge in [0.2, 0.25) is 0 Å². The van der Waals surface area contributed by atoms with Crippen molar-refractivity contribution in [2.75, 3.05) is 0 Å². The van der Waals surface area contributed by atoms with Gasteiger partial charge in [-0.05, 0) is 19.3 Å². The number of nitrogens with zero attached hydrogens (tertiary/aromatic N) is 1. The molecule has 0 unspecified atom stereocenters. The smallest absolute Gasteiger partial charge is 0.373 e. The predicted molar refractivity (Wildman–Crippen MR) is 73.5 cm³/mol. The fourth-order valence-electron chi connectivity index (χ4n) is 1.61. The average Bonchev–Trinajstić information content (AvgIpc) is 2.46. The Morgan fingerprint density at radius 3 is 1.68 bits per heavy atom. The van der Waals surface area contributed by atoms with Gasteiger partial charge in [-0.3, -0.25) is 19.6 Å². The van der Waals surface area contributed by atoms with E-state index >= 15 is 0 Å². The lowest BCUT2D eigenvalue weighted by molar-refractivity contribution is -0.192. The zero-order chi connectivity index (χ0) is 17.4. The maximum Gasteiger partial charge on any atom is 0.373 e. The summed E-state index contributed by atoms with van der Waals surface area (Å²) in [5.41, 5.74) is 0. The van der Waals surface area contributed by atoms with Crippen LogP contribution in [0.1, 0.15) is 64.7 Å². The molecule has 0 atom stereocenters. The number of aliphatic carboxylic acids is 1. The van der Waals surface area contributed by atoms with Gasteiger partial charge in [-0.15, -0.1) is 0 Å². The number of carbonyl (C=O) groups excluding carboxylic acids is 4. The minimum atomic E-state index is -0.860. The standard InChI is InChI=1S/C13H23NO5.CO2/c1-2-3-5-8-11(15)14(19)12(16)9-6-4-7-10-13(17)18;2-1-3/h19H,2-10H2,1H3,(H,17,18);. The summed E-state index contributed by atoms with van der Waals surface area (Å²) in [5, 5.41) is 18.0. The molecule has 0 bridgehead atoms. The molecule has 8 heteroatoms. The topological polar surface area (TPSA) is 129 Å². The largest absolute Gasteiger partial charge is 0.481 e. The first-order valence-corrected chi connectivity index (χ1v) is 7.16. The molecule has 0 fully saturated rings. The Bertz CT molecular complexity index is 375. The summed E-state index contributed by atoms with van der Waals surface area (Å²) in [6, 6.07) is 0. The van der Waals surface area contributed by atoms with Gasteiger partial charge in [0.15, 0.2) is 0 Å². The van der Waals surface area contributed by atoms with E-state index in [4.69, 9.17) is 14.7 Å². The zero-order valence-corrected chi connectivity index (χ0v) is 12.7. The second-order valence-corrected chi connectivity index (χ2v) is 4.59. The van der Waals surface area contributed by atoms with Gasteiger partial charge in [-0.1, -0.05) is 26.2 Å². The second-order valence-electron chi connectivity index (χ2n) is 4.59. The van der Waals surface area contributed by atoms with Crippen LogP contribution < -0.4 is 0 Å². The maximum absolute atomic E-state index is 11.5. The molecule has 0 saturated carbocycles. The molecular weight excluding hydrogens is 294 g/mol. The Labute approximate surface area is 129 Å². The number of imide groups is 1. The number of carbonyl (C=O) groups is 3. The molecule has 0 aromatic heterocycles. The van der Waals surface area contributed by atoms with Crippen molar-refractivity contribution < 1.29 is 34.3 Å². The first-order valence-electron chi connectivity index (χ1n) is 7.16. The average molecular weight is 317 g/mol. The van der Waals surface area contributed by atoms with Crippen LogP contribution in [0.15, 0.2) is 0 Å². The highest BCUT2D eigenvalue weighted by Crippen LogP contribution is 2.07. The molecule has 0 aromatic rings. The van der Waals surface area contributed by atoms with E-state index in [1.165, 1.54) is 0 Å². The molecule has 0 heterocycles. The molecule has 2 amide bonds. The van der Waals surface area contributed by atoms with Crippen LogP contribution in [0.25, 0.3) is 0 Å². The maximum atomic E-state index is 11.5. The van der Waals surface area contributed by atoms with Crippen molar-refractivity contribution in [3.63, 3.8) is 0 Å². The Morgan fingerprint density at radius 2 is 1.27 bits per heavy atom. The van der Waals surface area contributed by atoms with Gasteiger partial charge in [-0.2, -0.15) is 14.7 Å². The summed E-state index contributed by atoms with van der Waals surface area (Å²) in [7, 11) is 0. The number of carboxylic acids is 1. The molecule has 0 rings (SSSR count). The molecule has 0 aliphatic rings. The lowest BCUT2D eigenvalue weighted by atomic mass is 10.1. The molecule has 0 aliphatic heterocycles. The fraction of sp³-hybridized carbons (Fsp3) is 0.714. The second kappa shape index (κ2) is 15.3. The number of hydrogen-bond donors (Lipinski definition) is 2. The van der Waals surface area contributed by atoms with E-state index in [0.717, 1.165) is 12.8 Å². The fourth-order valence-corrected chi connectivity index (χ4v) is 1.61. The van der Waals surface area contributed by atoms with E-state index in [0.29, 0.717) is 25.7 Å². The van der Waals surface area contributed by atoms with Crippen LogP contribution in [-0.4, -0.2) is 39.3 Å². The van der Waals surface area contributed by atoms with Gasteiger partial charge in [0.05, 0.1) is 0 Å². The monoisotopic (exact) mass is 317 g/mol. The molecular formula is C14H23NO7. The molecule has 0 saturated heterocycles. The SMILES string of the molecule is CCCCCC(=O)N(O)C(=O)CCCCCC(=O)O.O=C=O. The normalized spacial score (nSPS) is 9.18. The van der Waals surface area contributed by atoms with Crippen molar-refractivity contribution in [3.8, 4) is 0 Å². The van der Waals surface area contributed by atoms with E-state index in [-0.39, 0.29) is 30.5 Å². The number of unbranched alkanes of at least 4 members (excludes halogenated alkanes) is 4. The molecule has 8 nitrogen and oxygen atoms in total. The third-order valence-corrected chi connectivity index (χ3v) is 2.75. The van der Waals surface area contributed by atoms with E-state index in [1.54, 1.807) is 0 Å². The van der Waals surface area contributed by atoms with Crippen LogP contribution >= 0.6 is 0 Å². The molecule has 126 valence electrons. The molecule has 2 N–H and O–H groups in total. The van der Waals surface area contributed by atoms with Crippen LogP contribution in [0.2, 0.25) is 0 Å². The van der Waals surface area contributed by atoms with Crippen molar-refractivity contribution >= 4 is 23.9 Å². The van der Waals surface area contributed by atoms with Crippen molar-refractivity contribution in [3.05, 3.63) is 0 Å². The van der Waals surface area contributed by atoms with E-state index in [9.17, 15) is 19.6 Å². The highest BCUT2D eigenvalue weighted by molar-refractivity contribution is 5.93. The van der Waals surface area contributed by atoms with Gasteiger partial charge >= 0.3 is 12.1 Å². The van der Waals surface area contributed by atoms with Gasteiger partial charge in [-0.25, -0.2) is 0 Å². The molecule has 22 heavy (non-hydrogen) atoms. The molecule has 0 aliphatic carbocycles. The van der Waals surface area contributed by atoms with Crippen LogP contribution in [0.5, 0.6) is 0 Å². The van der Waals surface area contributed by atoms with E-state index in [2.05, 4.69) is 0 Å². The van der Waals surface area contributed by atoms with E-state index in [1.807, 2.05) is 6.92 Å². The quantitative estimate of drug-likeness (QED) is 0.357. The number of hydroxylamine groups is 2. The molecule has 0 radical (unpaired) electrons. The third kappa shape index (κ3) is 14.4. The number of hydrogen-bond acceptors (Lipinski definition) is 6. The summed E-state index contributed by atoms with van der Waals surface area (Å²) in [6.45, 7) is 2.00. The highest BCUT2D eigenvalue weighted by atomic mass is 16.5. The van der Waals surface area contributed by atoms with Gasteiger partial charge in [0, 0.05) is 19.3 Å². The Morgan fingerprint density at radius 1 is 0.864 bits per heavy atom. The lowest BCUT2D eigenvalue weighted by Gasteiger charge is -2.12. The van der Waals surface area contributed by atoms with Crippen LogP contribution in [-0.2, 0) is 24.0 Å².